The number of pyridine rings is 1. The molecule has 0 atom stereocenters. The average Bonchev–Trinajstić information content (AvgIpc) is 2.62. The Bertz CT molecular complexity index is 766. The standard InChI is InChI=1S/C17H15BNO2P/c18-21-17-16(12-7-13-19-17)22(20,14-8-3-1-4-9-14)15-10-5-2-6-11-15/h1-13H,18H2. The smallest absolute Gasteiger partial charge is 0.324 e. The predicted octanol–water partition coefficient (Wildman–Crippen LogP) is 1.65. The van der Waals surface area contributed by atoms with Gasteiger partial charge in [0.1, 0.15) is 0 Å². The average molecular weight is 307 g/mol. The summed E-state index contributed by atoms with van der Waals surface area (Å²) in [6, 6.07) is 22.6. The van der Waals surface area contributed by atoms with E-state index in [1.54, 1.807) is 20.3 Å². The Morgan fingerprint density at radius 1 is 0.818 bits per heavy atom. The first kappa shape index (κ1) is 14.6. The lowest BCUT2D eigenvalue weighted by molar-refractivity contribution is 0.582. The first-order chi connectivity index (χ1) is 10.8. The van der Waals surface area contributed by atoms with Crippen LogP contribution >= 0.6 is 7.14 Å². The third-order valence-electron chi connectivity index (χ3n) is 3.52. The maximum absolute atomic E-state index is 14.1. The zero-order chi connectivity index (χ0) is 15.4. The van der Waals surface area contributed by atoms with Crippen molar-refractivity contribution in [3.8, 4) is 5.88 Å². The van der Waals surface area contributed by atoms with Gasteiger partial charge in [-0.3, -0.25) is 0 Å². The molecule has 0 bridgehead atoms. The molecule has 0 spiro atoms. The Morgan fingerprint density at radius 2 is 1.36 bits per heavy atom. The van der Waals surface area contributed by atoms with Crippen LogP contribution in [0.3, 0.4) is 0 Å². The molecule has 3 rings (SSSR count). The van der Waals surface area contributed by atoms with Gasteiger partial charge in [0, 0.05) is 16.8 Å². The summed E-state index contributed by atoms with van der Waals surface area (Å²) in [7, 11) is -1.47. The second-order valence-electron chi connectivity index (χ2n) is 4.81. The van der Waals surface area contributed by atoms with Crippen LogP contribution in [0.4, 0.5) is 0 Å². The second kappa shape index (κ2) is 6.21. The van der Waals surface area contributed by atoms with Gasteiger partial charge in [-0.25, -0.2) is 4.98 Å². The summed E-state index contributed by atoms with van der Waals surface area (Å²) in [5.41, 5.74) is 0. The van der Waals surface area contributed by atoms with Crippen molar-refractivity contribution in [2.24, 2.45) is 0 Å². The second-order valence-corrected chi connectivity index (χ2v) is 7.55. The van der Waals surface area contributed by atoms with Gasteiger partial charge in [-0.2, -0.15) is 0 Å². The molecule has 22 heavy (non-hydrogen) atoms. The van der Waals surface area contributed by atoms with E-state index in [4.69, 9.17) is 4.65 Å². The number of hydrogen-bond donors (Lipinski definition) is 0. The highest BCUT2D eigenvalue weighted by atomic mass is 31.2. The maximum Gasteiger partial charge on any atom is 0.324 e. The Hall–Kier alpha value is -2.32. The Morgan fingerprint density at radius 3 is 1.86 bits per heavy atom. The minimum absolute atomic E-state index is 0.401. The van der Waals surface area contributed by atoms with Crippen LogP contribution in [0.25, 0.3) is 0 Å². The first-order valence-electron chi connectivity index (χ1n) is 6.97. The maximum atomic E-state index is 14.1. The van der Waals surface area contributed by atoms with Gasteiger partial charge >= 0.3 is 8.05 Å². The first-order valence-corrected chi connectivity index (χ1v) is 8.68. The summed E-state index contributed by atoms with van der Waals surface area (Å²) in [4.78, 5) is 4.22. The lowest BCUT2D eigenvalue weighted by Gasteiger charge is -2.21. The zero-order valence-electron chi connectivity index (χ0n) is 12.2. The van der Waals surface area contributed by atoms with Crippen molar-refractivity contribution in [1.29, 1.82) is 0 Å². The van der Waals surface area contributed by atoms with E-state index in [1.807, 2.05) is 66.7 Å². The fourth-order valence-electron chi connectivity index (χ4n) is 2.48. The Balaban J connectivity index is 2.32. The monoisotopic (exact) mass is 307 g/mol. The zero-order valence-corrected chi connectivity index (χ0v) is 13.1. The van der Waals surface area contributed by atoms with Crippen molar-refractivity contribution in [2.75, 3.05) is 0 Å². The van der Waals surface area contributed by atoms with Gasteiger partial charge in [-0.05, 0) is 12.1 Å². The molecule has 0 saturated carbocycles. The molecule has 0 amide bonds. The molecule has 1 aromatic heterocycles. The van der Waals surface area contributed by atoms with E-state index < -0.39 is 7.14 Å². The summed E-state index contributed by atoms with van der Waals surface area (Å²) in [6.45, 7) is 0. The summed E-state index contributed by atoms with van der Waals surface area (Å²) in [5, 5.41) is 2.16. The summed E-state index contributed by atoms with van der Waals surface area (Å²) < 4.78 is 19.4. The van der Waals surface area contributed by atoms with Crippen LogP contribution < -0.4 is 20.6 Å². The Labute approximate surface area is 130 Å². The summed E-state index contributed by atoms with van der Waals surface area (Å²) in [5.74, 6) is 0.401. The van der Waals surface area contributed by atoms with E-state index in [-0.39, 0.29) is 0 Å². The molecule has 3 aromatic rings. The fourth-order valence-corrected chi connectivity index (χ4v) is 5.24. The van der Waals surface area contributed by atoms with Crippen LogP contribution in [0.1, 0.15) is 0 Å². The van der Waals surface area contributed by atoms with Crippen LogP contribution in [0.5, 0.6) is 5.88 Å². The predicted molar refractivity (Wildman–Crippen MR) is 92.8 cm³/mol. The highest BCUT2D eigenvalue weighted by Gasteiger charge is 2.32. The normalized spacial score (nSPS) is 11.1. The molecule has 0 saturated heterocycles. The van der Waals surface area contributed by atoms with E-state index in [1.165, 1.54) is 0 Å². The van der Waals surface area contributed by atoms with Crippen molar-refractivity contribution in [2.45, 2.75) is 0 Å². The van der Waals surface area contributed by atoms with Gasteiger partial charge < -0.3 is 9.22 Å². The van der Waals surface area contributed by atoms with E-state index in [2.05, 4.69) is 4.98 Å². The molecular formula is C17H15BNO2P. The van der Waals surface area contributed by atoms with Gasteiger partial charge in [0.05, 0.1) is 5.30 Å². The lowest BCUT2D eigenvalue weighted by atomic mass is 10.4. The van der Waals surface area contributed by atoms with E-state index >= 15 is 0 Å². The molecule has 0 aliphatic carbocycles. The molecule has 0 fully saturated rings. The highest BCUT2D eigenvalue weighted by Crippen LogP contribution is 2.44. The third kappa shape index (κ3) is 2.47. The number of rotatable bonds is 4. The lowest BCUT2D eigenvalue weighted by Crippen LogP contribution is -2.26. The van der Waals surface area contributed by atoms with Crippen molar-refractivity contribution in [3.63, 3.8) is 0 Å². The summed E-state index contributed by atoms with van der Waals surface area (Å²) >= 11 is 0. The van der Waals surface area contributed by atoms with Crippen molar-refractivity contribution >= 4 is 31.1 Å². The summed E-state index contributed by atoms with van der Waals surface area (Å²) in [6.07, 6.45) is 1.64. The van der Waals surface area contributed by atoms with Gasteiger partial charge in [0.2, 0.25) is 5.88 Å². The SMILES string of the molecule is BOc1ncccc1P(=O)(c1ccccc1)c1ccccc1. The topological polar surface area (TPSA) is 39.2 Å². The van der Waals surface area contributed by atoms with Crippen molar-refractivity contribution in [1.82, 2.24) is 4.98 Å². The van der Waals surface area contributed by atoms with E-state index in [0.29, 0.717) is 11.2 Å². The minimum atomic E-state index is -3.02. The van der Waals surface area contributed by atoms with Gasteiger partial charge in [0.25, 0.3) is 0 Å². The molecule has 108 valence electrons. The van der Waals surface area contributed by atoms with Crippen molar-refractivity contribution in [3.05, 3.63) is 79.0 Å². The van der Waals surface area contributed by atoms with E-state index in [0.717, 1.165) is 10.6 Å². The third-order valence-corrected chi connectivity index (χ3v) is 6.59. The van der Waals surface area contributed by atoms with Gasteiger partial charge in [-0.15, -0.1) is 0 Å². The van der Waals surface area contributed by atoms with E-state index in [9.17, 15) is 4.57 Å². The van der Waals surface area contributed by atoms with Crippen LogP contribution in [0.2, 0.25) is 0 Å². The molecule has 0 aliphatic heterocycles. The molecule has 1 heterocycles. The molecule has 0 aliphatic rings. The molecule has 5 heteroatoms. The molecule has 0 radical (unpaired) electrons. The van der Waals surface area contributed by atoms with Crippen LogP contribution in [0.15, 0.2) is 79.0 Å². The van der Waals surface area contributed by atoms with Gasteiger partial charge in [-0.1, -0.05) is 60.7 Å². The molecule has 3 nitrogen and oxygen atoms in total. The van der Waals surface area contributed by atoms with Crippen LogP contribution in [-0.4, -0.2) is 13.0 Å². The quantitative estimate of drug-likeness (QED) is 0.543. The number of benzene rings is 2. The molecule has 2 aromatic carbocycles. The highest BCUT2D eigenvalue weighted by molar-refractivity contribution is 7.85. The van der Waals surface area contributed by atoms with Crippen molar-refractivity contribution < 1.29 is 9.22 Å². The largest absolute Gasteiger partial charge is 0.554 e. The number of aromatic nitrogens is 1. The molecular weight excluding hydrogens is 292 g/mol. The van der Waals surface area contributed by atoms with Gasteiger partial charge in [0.15, 0.2) is 7.14 Å². The fraction of sp³-hybridized carbons (Fsp3) is 0. The van der Waals surface area contributed by atoms with Crippen LogP contribution in [0, 0.1) is 0 Å². The van der Waals surface area contributed by atoms with Crippen LogP contribution in [-0.2, 0) is 4.57 Å². The Kier molecular flexibility index (Phi) is 4.12. The molecule has 0 unspecified atom stereocenters. The minimum Gasteiger partial charge on any atom is -0.554 e. The molecule has 0 N–H and O–H groups in total. The number of nitrogens with zero attached hydrogens (tertiary/aromatic N) is 1. The number of hydrogen-bond acceptors (Lipinski definition) is 3.